The van der Waals surface area contributed by atoms with E-state index < -0.39 is 0 Å². The second kappa shape index (κ2) is 18.4. The molecule has 11 heteroatoms. The Balaban J connectivity index is 2.28. The van der Waals surface area contributed by atoms with Gasteiger partial charge in [0, 0.05) is 45.5 Å². The minimum absolute atomic E-state index is 0.0300. The minimum Gasteiger partial charge on any atom is -0.381 e. The number of aromatic nitrogens is 1. The van der Waals surface area contributed by atoms with E-state index >= 15 is 0 Å². The Kier molecular flexibility index (Phi) is 14.9. The van der Waals surface area contributed by atoms with Crippen LogP contribution in [0.3, 0.4) is 0 Å². The van der Waals surface area contributed by atoms with Crippen molar-refractivity contribution in [3.8, 4) is 6.07 Å². The highest BCUT2D eigenvalue weighted by molar-refractivity contribution is 5.89. The fourth-order valence-corrected chi connectivity index (χ4v) is 4.27. The third-order valence-corrected chi connectivity index (χ3v) is 6.53. The van der Waals surface area contributed by atoms with Crippen LogP contribution in [0.25, 0.3) is 0 Å². The number of hydrogen-bond donors (Lipinski definition) is 2. The molecule has 0 radical (unpaired) electrons. The summed E-state index contributed by atoms with van der Waals surface area (Å²) in [6, 6.07) is 4.17. The molecule has 0 fully saturated rings. The zero-order chi connectivity index (χ0) is 29.2. The predicted molar refractivity (Wildman–Crippen MR) is 155 cm³/mol. The van der Waals surface area contributed by atoms with Crippen LogP contribution in [-0.4, -0.2) is 87.7 Å². The van der Waals surface area contributed by atoms with Gasteiger partial charge in [-0.1, -0.05) is 13.8 Å². The molecule has 1 aliphatic rings. The van der Waals surface area contributed by atoms with E-state index in [9.17, 15) is 19.6 Å². The Morgan fingerprint density at radius 1 is 1.32 bits per heavy atom. The number of aldehydes is 1. The molecular weight excluding hydrogens is 510 g/mol. The molecule has 11 nitrogen and oxygen atoms in total. The van der Waals surface area contributed by atoms with Crippen LogP contribution in [0.15, 0.2) is 34.6 Å². The zero-order valence-corrected chi connectivity index (χ0v) is 23.8. The first kappa shape index (κ1) is 32.3. The Morgan fingerprint density at radius 3 is 2.83 bits per heavy atom. The molecule has 1 aromatic heterocycles. The molecular formula is C29H41N7O4. The van der Waals surface area contributed by atoms with Gasteiger partial charge in [0.1, 0.15) is 17.6 Å². The number of carbonyl (C=O) groups excluding carboxylic acids is 3. The van der Waals surface area contributed by atoms with Gasteiger partial charge in [-0.3, -0.25) is 14.4 Å². The van der Waals surface area contributed by atoms with Crippen LogP contribution in [-0.2, 0) is 27.2 Å². The summed E-state index contributed by atoms with van der Waals surface area (Å²) in [4.78, 5) is 45.6. The summed E-state index contributed by atoms with van der Waals surface area (Å²) in [5.41, 5.74) is 3.09. The molecule has 0 aromatic carbocycles. The SMILES string of the molecule is CCCOC(CC)CNC(/C=C/N1CCCc2cc(CCN(C)CCNC=O)c(C=O)nc21)=C(C#N)/C=N\C=O. The predicted octanol–water partition coefficient (Wildman–Crippen LogP) is 2.18. The van der Waals surface area contributed by atoms with E-state index in [1.165, 1.54) is 6.21 Å². The number of carbonyl (C=O) groups is 3. The number of nitriles is 1. The molecule has 2 N–H and O–H groups in total. The van der Waals surface area contributed by atoms with Crippen molar-refractivity contribution in [3.63, 3.8) is 0 Å². The number of pyridine rings is 1. The molecule has 1 unspecified atom stereocenters. The molecule has 1 aliphatic heterocycles. The van der Waals surface area contributed by atoms with Crippen molar-refractivity contribution in [3.05, 3.63) is 46.4 Å². The number of allylic oxidation sites excluding steroid dienone is 2. The van der Waals surface area contributed by atoms with Crippen LogP contribution in [0.5, 0.6) is 0 Å². The zero-order valence-electron chi connectivity index (χ0n) is 23.8. The van der Waals surface area contributed by atoms with Gasteiger partial charge < -0.3 is 25.2 Å². The summed E-state index contributed by atoms with van der Waals surface area (Å²) in [5.74, 6) is 0.717. The van der Waals surface area contributed by atoms with Crippen molar-refractivity contribution >= 4 is 31.1 Å². The standard InChI is InChI=1S/C29H41N7O4/c1-4-15-40-26(5-2)19-33-27(25(17-30)18-32-22-39)9-13-36-11-6-7-24-16-23(28(20-37)34-29(24)36)8-12-35(3)14-10-31-21-38/h9,13,16,18,20-22,26,33H,4-8,10-12,14-15,19H2,1-3H3,(H,31,38)/b13-9+,27-25+,32-18-. The first-order valence-corrected chi connectivity index (χ1v) is 13.8. The van der Waals surface area contributed by atoms with Crippen molar-refractivity contribution in [1.29, 1.82) is 5.26 Å². The second-order valence-electron chi connectivity index (χ2n) is 9.48. The number of nitrogens with zero attached hydrogens (tertiary/aromatic N) is 5. The number of aryl methyl sites for hydroxylation is 1. The molecule has 216 valence electrons. The van der Waals surface area contributed by atoms with E-state index in [4.69, 9.17) is 9.72 Å². The van der Waals surface area contributed by atoms with Crippen molar-refractivity contribution in [2.45, 2.75) is 52.1 Å². The van der Waals surface area contributed by atoms with Crippen molar-refractivity contribution in [2.75, 3.05) is 51.3 Å². The van der Waals surface area contributed by atoms with Crippen LogP contribution >= 0.6 is 0 Å². The summed E-state index contributed by atoms with van der Waals surface area (Å²) in [7, 11) is 1.97. The van der Waals surface area contributed by atoms with Gasteiger partial charge >= 0.3 is 0 Å². The fraction of sp³-hybridized carbons (Fsp3) is 0.517. The van der Waals surface area contributed by atoms with Gasteiger partial charge in [0.05, 0.1) is 23.6 Å². The van der Waals surface area contributed by atoms with Crippen LogP contribution < -0.4 is 15.5 Å². The van der Waals surface area contributed by atoms with Gasteiger partial charge in [-0.05, 0) is 62.4 Å². The summed E-state index contributed by atoms with van der Waals surface area (Å²) in [6.45, 7) is 7.94. The average Bonchev–Trinajstić information content (AvgIpc) is 2.98. The number of likely N-dealkylation sites (N-methyl/N-ethyl adjacent to an activating group) is 1. The number of ether oxygens (including phenoxy) is 1. The molecule has 2 rings (SSSR count). The summed E-state index contributed by atoms with van der Waals surface area (Å²) >= 11 is 0. The van der Waals surface area contributed by atoms with Gasteiger partial charge in [0.15, 0.2) is 6.29 Å². The molecule has 0 saturated heterocycles. The first-order chi connectivity index (χ1) is 19.5. The summed E-state index contributed by atoms with van der Waals surface area (Å²) in [6.07, 6.45) is 10.8. The average molecular weight is 552 g/mol. The highest BCUT2D eigenvalue weighted by Gasteiger charge is 2.20. The molecule has 0 saturated carbocycles. The number of anilines is 1. The lowest BCUT2D eigenvalue weighted by molar-refractivity contribution is -0.109. The van der Waals surface area contributed by atoms with Gasteiger partial charge in [-0.2, -0.15) is 5.26 Å². The van der Waals surface area contributed by atoms with Crippen molar-refractivity contribution in [1.82, 2.24) is 20.5 Å². The molecule has 0 spiro atoms. The molecule has 0 bridgehead atoms. The molecule has 0 aliphatic carbocycles. The lowest BCUT2D eigenvalue weighted by Gasteiger charge is -2.28. The number of rotatable bonds is 19. The Hall–Kier alpha value is -3.88. The van der Waals surface area contributed by atoms with Crippen molar-refractivity contribution < 1.29 is 19.1 Å². The second-order valence-corrected chi connectivity index (χ2v) is 9.48. The number of aliphatic imine (C=N–C) groups is 1. The van der Waals surface area contributed by atoms with Crippen LogP contribution in [0, 0.1) is 11.3 Å². The van der Waals surface area contributed by atoms with E-state index in [0.717, 1.165) is 49.6 Å². The Morgan fingerprint density at radius 2 is 2.15 bits per heavy atom. The number of amides is 2. The molecule has 1 aromatic rings. The lowest BCUT2D eigenvalue weighted by atomic mass is 10.0. The third-order valence-electron chi connectivity index (χ3n) is 6.53. The van der Waals surface area contributed by atoms with Gasteiger partial charge in [0.25, 0.3) is 0 Å². The topological polar surface area (TPSA) is 140 Å². The molecule has 2 amide bonds. The normalized spacial score (nSPS) is 14.5. The minimum atomic E-state index is -0.0300. The number of nitrogens with one attached hydrogen (secondary N) is 2. The van der Waals surface area contributed by atoms with Gasteiger partial charge in [-0.25, -0.2) is 9.98 Å². The highest BCUT2D eigenvalue weighted by Crippen LogP contribution is 2.28. The summed E-state index contributed by atoms with van der Waals surface area (Å²) in [5, 5.41) is 15.7. The Labute approximate surface area is 237 Å². The smallest absolute Gasteiger partial charge is 0.232 e. The Bertz CT molecular complexity index is 1110. The maximum absolute atomic E-state index is 12.0. The molecule has 40 heavy (non-hydrogen) atoms. The van der Waals surface area contributed by atoms with E-state index in [-0.39, 0.29) is 11.7 Å². The lowest BCUT2D eigenvalue weighted by Crippen LogP contribution is -2.31. The van der Waals surface area contributed by atoms with E-state index in [0.29, 0.717) is 69.2 Å². The van der Waals surface area contributed by atoms with Crippen LogP contribution in [0.1, 0.15) is 54.7 Å². The highest BCUT2D eigenvalue weighted by atomic mass is 16.5. The van der Waals surface area contributed by atoms with Gasteiger partial charge in [-0.15, -0.1) is 0 Å². The van der Waals surface area contributed by atoms with E-state index in [1.54, 1.807) is 6.08 Å². The van der Waals surface area contributed by atoms with Crippen LogP contribution in [0.4, 0.5) is 5.82 Å². The van der Waals surface area contributed by atoms with Crippen LogP contribution in [0.2, 0.25) is 0 Å². The first-order valence-electron chi connectivity index (χ1n) is 13.8. The van der Waals surface area contributed by atoms with Crippen molar-refractivity contribution in [2.24, 2.45) is 4.99 Å². The van der Waals surface area contributed by atoms with E-state index in [1.807, 2.05) is 25.1 Å². The maximum atomic E-state index is 12.0. The van der Waals surface area contributed by atoms with E-state index in [2.05, 4.69) is 39.6 Å². The molecule has 1 atom stereocenters. The number of fused-ring (bicyclic) bond motifs is 1. The van der Waals surface area contributed by atoms with Gasteiger partial charge in [0.2, 0.25) is 12.8 Å². The monoisotopic (exact) mass is 551 g/mol. The fourth-order valence-electron chi connectivity index (χ4n) is 4.27. The largest absolute Gasteiger partial charge is 0.381 e. The third kappa shape index (κ3) is 10.4. The number of hydrogen-bond acceptors (Lipinski definition) is 9. The summed E-state index contributed by atoms with van der Waals surface area (Å²) < 4.78 is 5.87. The quantitative estimate of drug-likeness (QED) is 0.0870. The molecule has 2 heterocycles. The maximum Gasteiger partial charge on any atom is 0.232 e.